The lowest BCUT2D eigenvalue weighted by Gasteiger charge is -1.99. The third-order valence-corrected chi connectivity index (χ3v) is 2.62. The predicted octanol–water partition coefficient (Wildman–Crippen LogP) is 1.31. The molecule has 0 saturated carbocycles. The molecule has 2 aromatic heterocycles. The van der Waals surface area contributed by atoms with Gasteiger partial charge in [-0.2, -0.15) is 9.13 Å². The fraction of sp³-hybridized carbons (Fsp3) is 0.231. The van der Waals surface area contributed by atoms with E-state index in [0.29, 0.717) is 0 Å². The predicted molar refractivity (Wildman–Crippen MR) is 59.0 cm³/mol. The van der Waals surface area contributed by atoms with E-state index in [1.54, 1.807) is 0 Å². The molecule has 2 aromatic rings. The molecular formula is C13H16N2+2. The first kappa shape index (κ1) is 9.84. The Bertz CT molecular complexity index is 490. The molecule has 2 heterocycles. The number of aromatic nitrogens is 2. The first-order valence-electron chi connectivity index (χ1n) is 5.10. The Kier molecular flexibility index (Phi) is 2.50. The number of aryl methyl sites for hydroxylation is 3. The summed E-state index contributed by atoms with van der Waals surface area (Å²) in [5, 5.41) is 0. The maximum absolute atomic E-state index is 2.20. The van der Waals surface area contributed by atoms with Crippen molar-refractivity contribution in [2.75, 3.05) is 0 Å². The standard InChI is InChI=1S/C13H16N2/c1-11-7-9-15(3)13(10-11)12-6-4-5-8-14(12)2/h4-10H,1-3H3/q+2. The molecule has 0 N–H and O–H groups in total. The van der Waals surface area contributed by atoms with Gasteiger partial charge in [-0.3, -0.25) is 0 Å². The molecule has 2 heteroatoms. The molecule has 0 aliphatic rings. The summed E-state index contributed by atoms with van der Waals surface area (Å²) in [6, 6.07) is 10.6. The highest BCUT2D eigenvalue weighted by Gasteiger charge is 2.17. The second-order valence-corrected chi connectivity index (χ2v) is 3.90. The Morgan fingerprint density at radius 2 is 1.60 bits per heavy atom. The van der Waals surface area contributed by atoms with Crippen molar-refractivity contribution in [3.05, 3.63) is 48.3 Å². The van der Waals surface area contributed by atoms with E-state index in [1.165, 1.54) is 17.0 Å². The topological polar surface area (TPSA) is 7.76 Å². The molecule has 2 nitrogen and oxygen atoms in total. The van der Waals surface area contributed by atoms with Crippen LogP contribution in [0.25, 0.3) is 11.4 Å². The Morgan fingerprint density at radius 3 is 2.33 bits per heavy atom. The maximum atomic E-state index is 2.20. The molecule has 0 unspecified atom stereocenters. The highest BCUT2D eigenvalue weighted by Crippen LogP contribution is 2.10. The molecule has 15 heavy (non-hydrogen) atoms. The molecule has 0 aliphatic heterocycles. The molecule has 0 fully saturated rings. The third-order valence-electron chi connectivity index (χ3n) is 2.62. The molecular weight excluding hydrogens is 184 g/mol. The van der Waals surface area contributed by atoms with E-state index in [9.17, 15) is 0 Å². The summed E-state index contributed by atoms with van der Waals surface area (Å²) in [7, 11) is 4.14. The average molecular weight is 200 g/mol. The summed E-state index contributed by atoms with van der Waals surface area (Å²) < 4.78 is 4.27. The van der Waals surface area contributed by atoms with Crippen LogP contribution in [0.1, 0.15) is 5.56 Å². The number of hydrogen-bond acceptors (Lipinski definition) is 0. The highest BCUT2D eigenvalue weighted by molar-refractivity contribution is 5.47. The van der Waals surface area contributed by atoms with Crippen molar-refractivity contribution < 1.29 is 9.13 Å². The molecule has 76 valence electrons. The number of nitrogens with zero attached hydrogens (tertiary/aromatic N) is 2. The Hall–Kier alpha value is -1.70. The van der Waals surface area contributed by atoms with Gasteiger partial charge in [0.1, 0.15) is 14.1 Å². The van der Waals surface area contributed by atoms with Crippen LogP contribution in [-0.2, 0) is 14.1 Å². The molecule has 0 saturated heterocycles. The Balaban J connectivity index is 2.64. The van der Waals surface area contributed by atoms with Crippen molar-refractivity contribution >= 4 is 0 Å². The van der Waals surface area contributed by atoms with Crippen LogP contribution in [0.5, 0.6) is 0 Å². The van der Waals surface area contributed by atoms with E-state index < -0.39 is 0 Å². The van der Waals surface area contributed by atoms with Gasteiger partial charge in [0.15, 0.2) is 12.4 Å². The van der Waals surface area contributed by atoms with Crippen molar-refractivity contribution in [2.24, 2.45) is 14.1 Å². The minimum absolute atomic E-state index is 1.23. The zero-order valence-electron chi connectivity index (χ0n) is 9.44. The van der Waals surface area contributed by atoms with Crippen molar-refractivity contribution in [3.8, 4) is 11.4 Å². The molecule has 2 rings (SSSR count). The zero-order valence-corrected chi connectivity index (χ0v) is 9.44. The SMILES string of the molecule is Cc1cc[n+](C)c(-c2cccc[n+]2C)c1. The minimum Gasteiger partial charge on any atom is -0.196 e. The van der Waals surface area contributed by atoms with Gasteiger partial charge >= 0.3 is 0 Å². The normalized spacial score (nSPS) is 10.3. The first-order chi connectivity index (χ1) is 7.18. The van der Waals surface area contributed by atoms with Gasteiger partial charge in [0, 0.05) is 24.3 Å². The van der Waals surface area contributed by atoms with Gasteiger partial charge in [-0.15, -0.1) is 0 Å². The van der Waals surface area contributed by atoms with E-state index >= 15 is 0 Å². The average Bonchev–Trinajstić information content (AvgIpc) is 2.23. The van der Waals surface area contributed by atoms with Crippen LogP contribution in [0, 0.1) is 6.92 Å². The highest BCUT2D eigenvalue weighted by atomic mass is 15.0. The van der Waals surface area contributed by atoms with Crippen molar-refractivity contribution in [1.29, 1.82) is 0 Å². The summed E-state index contributed by atoms with van der Waals surface area (Å²) >= 11 is 0. The van der Waals surface area contributed by atoms with E-state index in [-0.39, 0.29) is 0 Å². The Morgan fingerprint density at radius 1 is 0.867 bits per heavy atom. The van der Waals surface area contributed by atoms with Crippen LogP contribution in [-0.4, -0.2) is 0 Å². The molecule has 0 aromatic carbocycles. The molecule has 0 amide bonds. The first-order valence-corrected chi connectivity index (χ1v) is 5.10. The van der Waals surface area contributed by atoms with Crippen LogP contribution in [0.3, 0.4) is 0 Å². The molecule has 0 bridgehead atoms. The maximum Gasteiger partial charge on any atom is 0.277 e. The fourth-order valence-corrected chi connectivity index (χ4v) is 1.72. The van der Waals surface area contributed by atoms with Crippen molar-refractivity contribution in [2.45, 2.75) is 6.92 Å². The van der Waals surface area contributed by atoms with E-state index in [2.05, 4.69) is 66.8 Å². The fourth-order valence-electron chi connectivity index (χ4n) is 1.72. The summed E-state index contributed by atoms with van der Waals surface area (Å²) in [6.07, 6.45) is 4.16. The molecule has 0 radical (unpaired) electrons. The monoisotopic (exact) mass is 200 g/mol. The summed E-state index contributed by atoms with van der Waals surface area (Å²) in [5.74, 6) is 0. The van der Waals surface area contributed by atoms with Gasteiger partial charge in [0.2, 0.25) is 0 Å². The summed E-state index contributed by atoms with van der Waals surface area (Å²) in [4.78, 5) is 0. The van der Waals surface area contributed by atoms with Gasteiger partial charge < -0.3 is 0 Å². The second-order valence-electron chi connectivity index (χ2n) is 3.90. The van der Waals surface area contributed by atoms with Gasteiger partial charge in [-0.25, -0.2) is 0 Å². The van der Waals surface area contributed by atoms with Gasteiger partial charge in [0.05, 0.1) is 0 Å². The van der Waals surface area contributed by atoms with Crippen LogP contribution >= 0.6 is 0 Å². The van der Waals surface area contributed by atoms with Gasteiger partial charge in [-0.05, 0) is 18.6 Å². The quantitative estimate of drug-likeness (QED) is 0.613. The van der Waals surface area contributed by atoms with Gasteiger partial charge in [0.25, 0.3) is 11.4 Å². The van der Waals surface area contributed by atoms with Crippen LogP contribution < -0.4 is 9.13 Å². The van der Waals surface area contributed by atoms with Crippen LogP contribution in [0.2, 0.25) is 0 Å². The lowest BCUT2D eigenvalue weighted by Crippen LogP contribution is -2.38. The lowest BCUT2D eigenvalue weighted by atomic mass is 10.2. The molecule has 0 spiro atoms. The molecule has 0 atom stereocenters. The Labute approximate surface area is 90.4 Å². The third kappa shape index (κ3) is 1.89. The smallest absolute Gasteiger partial charge is 0.196 e. The largest absolute Gasteiger partial charge is 0.277 e. The summed E-state index contributed by atoms with van der Waals surface area (Å²) in [6.45, 7) is 2.12. The minimum atomic E-state index is 1.23. The second kappa shape index (κ2) is 3.81. The number of rotatable bonds is 1. The number of hydrogen-bond donors (Lipinski definition) is 0. The van der Waals surface area contributed by atoms with Crippen molar-refractivity contribution in [3.63, 3.8) is 0 Å². The van der Waals surface area contributed by atoms with Crippen LogP contribution in [0.4, 0.5) is 0 Å². The lowest BCUT2D eigenvalue weighted by molar-refractivity contribution is -0.690. The number of pyridine rings is 2. The van der Waals surface area contributed by atoms with E-state index in [1.807, 2.05) is 6.07 Å². The molecule has 0 aliphatic carbocycles. The zero-order chi connectivity index (χ0) is 10.8. The van der Waals surface area contributed by atoms with Crippen molar-refractivity contribution in [1.82, 2.24) is 0 Å². The van der Waals surface area contributed by atoms with Gasteiger partial charge in [-0.1, -0.05) is 0 Å². The van der Waals surface area contributed by atoms with E-state index in [4.69, 9.17) is 0 Å². The van der Waals surface area contributed by atoms with Crippen LogP contribution in [0.15, 0.2) is 42.7 Å². The summed E-state index contributed by atoms with van der Waals surface area (Å²) in [5.41, 5.74) is 3.74. The van der Waals surface area contributed by atoms with E-state index in [0.717, 1.165) is 0 Å².